The van der Waals surface area contributed by atoms with Crippen LogP contribution >= 0.6 is 11.8 Å². The van der Waals surface area contributed by atoms with Gasteiger partial charge >= 0.3 is 0 Å². The molecule has 0 spiro atoms. The van der Waals surface area contributed by atoms with Crippen molar-refractivity contribution in [2.45, 2.75) is 5.37 Å². The van der Waals surface area contributed by atoms with Crippen LogP contribution in [0, 0.1) is 5.82 Å². The molecule has 1 heterocycles. The molecule has 13 heavy (non-hydrogen) atoms. The van der Waals surface area contributed by atoms with Gasteiger partial charge in [0.25, 0.3) is 0 Å². The second kappa shape index (κ2) is 3.68. The monoisotopic (exact) mass is 197 g/mol. The lowest BCUT2D eigenvalue weighted by Gasteiger charge is -2.18. The summed E-state index contributed by atoms with van der Waals surface area (Å²) in [5.74, 6) is 1.01. The minimum atomic E-state index is -0.158. The summed E-state index contributed by atoms with van der Waals surface area (Å²) in [5.41, 5.74) is 1.20. The van der Waals surface area contributed by atoms with Crippen molar-refractivity contribution < 1.29 is 4.39 Å². The van der Waals surface area contributed by atoms with Crippen LogP contribution in [-0.2, 0) is 0 Å². The molecule has 2 rings (SSSR count). The van der Waals surface area contributed by atoms with Crippen molar-refractivity contribution >= 4 is 11.8 Å². The third-order valence-electron chi connectivity index (χ3n) is 2.28. The summed E-state index contributed by atoms with van der Waals surface area (Å²) in [5, 5.41) is 0.417. The van der Waals surface area contributed by atoms with Gasteiger partial charge in [-0.05, 0) is 24.7 Å². The topological polar surface area (TPSA) is 3.24 Å². The summed E-state index contributed by atoms with van der Waals surface area (Å²) in [7, 11) is 2.11. The van der Waals surface area contributed by atoms with E-state index >= 15 is 0 Å². The van der Waals surface area contributed by atoms with Gasteiger partial charge in [0, 0.05) is 12.3 Å². The number of rotatable bonds is 1. The normalized spacial score (nSPS) is 23.7. The highest BCUT2D eigenvalue weighted by molar-refractivity contribution is 7.99. The van der Waals surface area contributed by atoms with Crippen molar-refractivity contribution in [1.29, 1.82) is 0 Å². The van der Waals surface area contributed by atoms with E-state index in [0.717, 1.165) is 6.54 Å². The molecule has 0 aromatic heterocycles. The lowest BCUT2D eigenvalue weighted by molar-refractivity contribution is 0.358. The molecule has 70 valence electrons. The third-order valence-corrected chi connectivity index (χ3v) is 3.64. The number of halogens is 1. The Morgan fingerprint density at radius 2 is 2.08 bits per heavy atom. The van der Waals surface area contributed by atoms with E-state index in [9.17, 15) is 4.39 Å². The highest BCUT2D eigenvalue weighted by Gasteiger charge is 2.22. The molecular formula is C10H12FNS. The molecule has 1 aromatic carbocycles. The number of thioether (sulfide) groups is 1. The van der Waals surface area contributed by atoms with Crippen LogP contribution in [0.15, 0.2) is 24.3 Å². The maximum atomic E-state index is 12.7. The molecule has 0 amide bonds. The van der Waals surface area contributed by atoms with Crippen molar-refractivity contribution in [3.63, 3.8) is 0 Å². The maximum Gasteiger partial charge on any atom is 0.123 e. The lowest BCUT2D eigenvalue weighted by atomic mass is 10.2. The van der Waals surface area contributed by atoms with E-state index in [0.29, 0.717) is 5.37 Å². The van der Waals surface area contributed by atoms with Crippen molar-refractivity contribution in [3.05, 3.63) is 35.6 Å². The standard InChI is InChI=1S/C10H12FNS/c1-12-6-7-13-10(12)8-2-4-9(11)5-3-8/h2-5,10H,6-7H2,1H3. The van der Waals surface area contributed by atoms with Crippen LogP contribution in [0.25, 0.3) is 0 Å². The lowest BCUT2D eigenvalue weighted by Crippen LogP contribution is -2.16. The Morgan fingerprint density at radius 3 is 2.62 bits per heavy atom. The summed E-state index contributed by atoms with van der Waals surface area (Å²) in [6.07, 6.45) is 0. The van der Waals surface area contributed by atoms with Gasteiger partial charge in [-0.1, -0.05) is 12.1 Å². The first-order valence-corrected chi connectivity index (χ1v) is 5.39. The van der Waals surface area contributed by atoms with Crippen LogP contribution in [0.3, 0.4) is 0 Å². The van der Waals surface area contributed by atoms with Crippen LogP contribution in [-0.4, -0.2) is 24.2 Å². The molecule has 1 aliphatic rings. The average Bonchev–Trinajstić information content (AvgIpc) is 2.53. The molecule has 1 nitrogen and oxygen atoms in total. The predicted octanol–water partition coefficient (Wildman–Crippen LogP) is 2.50. The van der Waals surface area contributed by atoms with Crippen molar-refractivity contribution in [2.24, 2.45) is 0 Å². The van der Waals surface area contributed by atoms with Gasteiger partial charge in [-0.3, -0.25) is 4.90 Å². The number of hydrogen-bond acceptors (Lipinski definition) is 2. The Bertz CT molecular complexity index is 285. The first kappa shape index (κ1) is 9.03. The van der Waals surface area contributed by atoms with Crippen LogP contribution in [0.2, 0.25) is 0 Å². The minimum absolute atomic E-state index is 0.158. The number of nitrogens with zero attached hydrogens (tertiary/aromatic N) is 1. The van der Waals surface area contributed by atoms with Gasteiger partial charge in [0.2, 0.25) is 0 Å². The van der Waals surface area contributed by atoms with Gasteiger partial charge < -0.3 is 0 Å². The third kappa shape index (κ3) is 1.86. The van der Waals surface area contributed by atoms with E-state index in [1.807, 2.05) is 23.9 Å². The molecular weight excluding hydrogens is 185 g/mol. The predicted molar refractivity (Wildman–Crippen MR) is 54.2 cm³/mol. The van der Waals surface area contributed by atoms with E-state index in [-0.39, 0.29) is 5.82 Å². The zero-order valence-corrected chi connectivity index (χ0v) is 8.35. The SMILES string of the molecule is CN1CCSC1c1ccc(F)cc1. The zero-order chi connectivity index (χ0) is 9.26. The molecule has 0 bridgehead atoms. The van der Waals surface area contributed by atoms with Gasteiger partial charge in [-0.2, -0.15) is 0 Å². The molecule has 0 radical (unpaired) electrons. The Kier molecular flexibility index (Phi) is 2.56. The van der Waals surface area contributed by atoms with E-state index in [1.165, 1.54) is 23.4 Å². The van der Waals surface area contributed by atoms with Crippen LogP contribution in [0.5, 0.6) is 0 Å². The smallest absolute Gasteiger partial charge is 0.123 e. The summed E-state index contributed by atoms with van der Waals surface area (Å²) in [6.45, 7) is 1.12. The molecule has 0 aliphatic carbocycles. The highest BCUT2D eigenvalue weighted by atomic mass is 32.2. The fourth-order valence-electron chi connectivity index (χ4n) is 1.53. The van der Waals surface area contributed by atoms with Gasteiger partial charge in [0.05, 0.1) is 5.37 Å². The van der Waals surface area contributed by atoms with Crippen LogP contribution in [0.1, 0.15) is 10.9 Å². The molecule has 1 aromatic rings. The fourth-order valence-corrected chi connectivity index (χ4v) is 2.86. The van der Waals surface area contributed by atoms with E-state index in [4.69, 9.17) is 0 Å². The summed E-state index contributed by atoms with van der Waals surface area (Å²) in [6, 6.07) is 6.80. The second-order valence-corrected chi connectivity index (χ2v) is 4.44. The number of hydrogen-bond donors (Lipinski definition) is 0. The van der Waals surface area contributed by atoms with Gasteiger partial charge in [0.1, 0.15) is 5.82 Å². The van der Waals surface area contributed by atoms with Gasteiger partial charge in [0.15, 0.2) is 0 Å². The summed E-state index contributed by atoms with van der Waals surface area (Å²) >= 11 is 1.91. The molecule has 0 N–H and O–H groups in total. The van der Waals surface area contributed by atoms with Crippen molar-refractivity contribution in [1.82, 2.24) is 4.90 Å². The molecule has 1 aliphatic heterocycles. The average molecular weight is 197 g/mol. The van der Waals surface area contributed by atoms with Gasteiger partial charge in [-0.15, -0.1) is 11.8 Å². The summed E-state index contributed by atoms with van der Waals surface area (Å²) in [4.78, 5) is 2.29. The zero-order valence-electron chi connectivity index (χ0n) is 7.53. The Morgan fingerprint density at radius 1 is 1.38 bits per heavy atom. The van der Waals surface area contributed by atoms with E-state index in [1.54, 1.807) is 0 Å². The van der Waals surface area contributed by atoms with Crippen molar-refractivity contribution in [2.75, 3.05) is 19.3 Å². The molecule has 1 unspecified atom stereocenters. The van der Waals surface area contributed by atoms with E-state index < -0.39 is 0 Å². The van der Waals surface area contributed by atoms with Crippen LogP contribution in [0.4, 0.5) is 4.39 Å². The molecule has 3 heteroatoms. The Hall–Kier alpha value is -0.540. The summed E-state index contributed by atoms with van der Waals surface area (Å²) < 4.78 is 12.7. The first-order valence-electron chi connectivity index (χ1n) is 4.35. The van der Waals surface area contributed by atoms with Gasteiger partial charge in [-0.25, -0.2) is 4.39 Å². The highest BCUT2D eigenvalue weighted by Crippen LogP contribution is 2.36. The molecule has 0 saturated carbocycles. The maximum absolute atomic E-state index is 12.7. The minimum Gasteiger partial charge on any atom is -0.290 e. The quantitative estimate of drug-likeness (QED) is 0.680. The largest absolute Gasteiger partial charge is 0.290 e. The van der Waals surface area contributed by atoms with Crippen LogP contribution < -0.4 is 0 Å². The molecule has 1 saturated heterocycles. The number of benzene rings is 1. The molecule has 1 fully saturated rings. The molecule has 1 atom stereocenters. The second-order valence-electron chi connectivity index (χ2n) is 3.26. The van der Waals surface area contributed by atoms with E-state index in [2.05, 4.69) is 11.9 Å². The first-order chi connectivity index (χ1) is 6.27. The Balaban J connectivity index is 2.20. The van der Waals surface area contributed by atoms with Crippen molar-refractivity contribution in [3.8, 4) is 0 Å². The fraction of sp³-hybridized carbons (Fsp3) is 0.400. The Labute approximate surface area is 81.9 Å².